The van der Waals surface area contributed by atoms with E-state index in [2.05, 4.69) is 19.1 Å². The van der Waals surface area contributed by atoms with Gasteiger partial charge in [0.05, 0.1) is 25.3 Å². The molecule has 0 aliphatic rings. The van der Waals surface area contributed by atoms with Crippen molar-refractivity contribution < 1.29 is 28.5 Å². The van der Waals surface area contributed by atoms with Crippen LogP contribution in [0.25, 0.3) is 0 Å². The predicted molar refractivity (Wildman–Crippen MR) is 114 cm³/mol. The van der Waals surface area contributed by atoms with Crippen LogP contribution < -0.4 is 4.74 Å². The lowest BCUT2D eigenvalue weighted by Crippen LogP contribution is -2.12. The number of carbonyl (C=O) groups excluding carboxylic acids is 2. The van der Waals surface area contributed by atoms with Crippen LogP contribution >= 0.6 is 0 Å². The third kappa shape index (κ3) is 6.32. The zero-order valence-electron chi connectivity index (χ0n) is 18.2. The Balaban J connectivity index is 2.04. The predicted octanol–water partition coefficient (Wildman–Crippen LogP) is 4.37. The monoisotopic (exact) mass is 414 g/mol. The van der Waals surface area contributed by atoms with Crippen molar-refractivity contribution in [2.24, 2.45) is 0 Å². The van der Waals surface area contributed by atoms with Gasteiger partial charge in [-0.25, -0.2) is 9.59 Å². The van der Waals surface area contributed by atoms with Crippen molar-refractivity contribution in [2.45, 2.75) is 39.5 Å². The Morgan fingerprint density at radius 3 is 2.10 bits per heavy atom. The van der Waals surface area contributed by atoms with Gasteiger partial charge in [-0.3, -0.25) is 0 Å². The third-order valence-electron chi connectivity index (χ3n) is 4.83. The van der Waals surface area contributed by atoms with E-state index in [9.17, 15) is 9.59 Å². The molecule has 0 bridgehead atoms. The van der Waals surface area contributed by atoms with Gasteiger partial charge < -0.3 is 18.9 Å². The van der Waals surface area contributed by atoms with Crippen LogP contribution in [0.1, 0.15) is 57.7 Å². The summed E-state index contributed by atoms with van der Waals surface area (Å²) < 4.78 is 20.5. The van der Waals surface area contributed by atoms with Crippen LogP contribution in [-0.2, 0) is 33.5 Å². The summed E-state index contributed by atoms with van der Waals surface area (Å²) in [5, 5.41) is 0. The van der Waals surface area contributed by atoms with Gasteiger partial charge in [0.25, 0.3) is 0 Å². The van der Waals surface area contributed by atoms with Crippen molar-refractivity contribution in [2.75, 3.05) is 27.6 Å². The number of carbonyl (C=O) groups is 2. The highest BCUT2D eigenvalue weighted by Gasteiger charge is 2.18. The summed E-state index contributed by atoms with van der Waals surface area (Å²) in [4.78, 5) is 23.9. The normalized spacial score (nSPS) is 10.5. The molecule has 0 saturated heterocycles. The molecule has 2 aromatic carbocycles. The highest BCUT2D eigenvalue weighted by Crippen LogP contribution is 2.22. The van der Waals surface area contributed by atoms with Gasteiger partial charge in [0.1, 0.15) is 5.75 Å². The van der Waals surface area contributed by atoms with Gasteiger partial charge in [0.2, 0.25) is 0 Å². The molecule has 0 radical (unpaired) electrons. The maximum absolute atomic E-state index is 12.0. The number of ether oxygens (including phenoxy) is 4. The molecule has 162 valence electrons. The van der Waals surface area contributed by atoms with Gasteiger partial charge in [-0.05, 0) is 67.5 Å². The average Bonchev–Trinajstić information content (AvgIpc) is 2.78. The standard InChI is InChI=1S/C24H30O6/c1-5-19-14-17(11-13-22(19)30-16-29-6-2)8-7-9-18-10-12-20(23(25)27-3)21(15-18)24(26)28-4/h10-15H,5-9,16H2,1-4H3. The Bertz CT molecular complexity index is 859. The molecule has 0 atom stereocenters. The number of aryl methyl sites for hydroxylation is 3. The van der Waals surface area contributed by atoms with Crippen molar-refractivity contribution in [1.29, 1.82) is 0 Å². The fraction of sp³-hybridized carbons (Fsp3) is 0.417. The molecule has 0 heterocycles. The molecule has 30 heavy (non-hydrogen) atoms. The SMILES string of the molecule is CCOCOc1ccc(CCCc2ccc(C(=O)OC)c(C(=O)OC)c2)cc1CC. The lowest BCUT2D eigenvalue weighted by Gasteiger charge is -2.12. The largest absolute Gasteiger partial charge is 0.467 e. The number of benzene rings is 2. The minimum absolute atomic E-state index is 0.211. The minimum Gasteiger partial charge on any atom is -0.467 e. The summed E-state index contributed by atoms with van der Waals surface area (Å²) in [6, 6.07) is 11.4. The van der Waals surface area contributed by atoms with E-state index in [-0.39, 0.29) is 17.9 Å². The fourth-order valence-corrected chi connectivity index (χ4v) is 3.20. The number of hydrogen-bond acceptors (Lipinski definition) is 6. The second-order valence-corrected chi connectivity index (χ2v) is 6.77. The van der Waals surface area contributed by atoms with E-state index in [1.807, 2.05) is 19.1 Å². The lowest BCUT2D eigenvalue weighted by atomic mass is 9.98. The Labute approximate surface area is 178 Å². The second-order valence-electron chi connectivity index (χ2n) is 6.77. The first-order valence-corrected chi connectivity index (χ1v) is 10.2. The van der Waals surface area contributed by atoms with E-state index in [0.717, 1.165) is 42.6 Å². The molecule has 2 aromatic rings. The molecule has 0 amide bonds. The van der Waals surface area contributed by atoms with Gasteiger partial charge in [0.15, 0.2) is 6.79 Å². The molecule has 0 unspecified atom stereocenters. The van der Waals surface area contributed by atoms with Crippen molar-refractivity contribution in [3.05, 3.63) is 64.2 Å². The zero-order chi connectivity index (χ0) is 21.9. The van der Waals surface area contributed by atoms with Crippen molar-refractivity contribution in [1.82, 2.24) is 0 Å². The first kappa shape index (κ1) is 23.4. The summed E-state index contributed by atoms with van der Waals surface area (Å²) >= 11 is 0. The average molecular weight is 414 g/mol. The van der Waals surface area contributed by atoms with Gasteiger partial charge in [-0.15, -0.1) is 0 Å². The van der Waals surface area contributed by atoms with Gasteiger partial charge in [-0.1, -0.05) is 25.1 Å². The van der Waals surface area contributed by atoms with E-state index >= 15 is 0 Å². The second kappa shape index (κ2) is 12.0. The van der Waals surface area contributed by atoms with Crippen LogP contribution in [0.2, 0.25) is 0 Å². The van der Waals surface area contributed by atoms with Crippen molar-refractivity contribution in [3.8, 4) is 5.75 Å². The van der Waals surface area contributed by atoms with E-state index in [0.29, 0.717) is 6.61 Å². The molecule has 0 aromatic heterocycles. The maximum atomic E-state index is 12.0. The molecule has 0 N–H and O–H groups in total. The molecule has 2 rings (SSSR count). The smallest absolute Gasteiger partial charge is 0.338 e. The Hall–Kier alpha value is -2.86. The number of hydrogen-bond donors (Lipinski definition) is 0. The summed E-state index contributed by atoms with van der Waals surface area (Å²) in [7, 11) is 2.58. The topological polar surface area (TPSA) is 71.1 Å². The first-order chi connectivity index (χ1) is 14.5. The summed E-state index contributed by atoms with van der Waals surface area (Å²) in [6.07, 6.45) is 3.45. The Morgan fingerprint density at radius 1 is 0.833 bits per heavy atom. The molecular weight excluding hydrogens is 384 g/mol. The van der Waals surface area contributed by atoms with Crippen molar-refractivity contribution in [3.63, 3.8) is 0 Å². The molecule has 0 aliphatic heterocycles. The summed E-state index contributed by atoms with van der Waals surface area (Å²) in [5.41, 5.74) is 3.79. The van der Waals surface area contributed by atoms with Crippen LogP contribution in [0, 0.1) is 0 Å². The third-order valence-corrected chi connectivity index (χ3v) is 4.83. The van der Waals surface area contributed by atoms with E-state index in [1.54, 1.807) is 12.1 Å². The van der Waals surface area contributed by atoms with Crippen molar-refractivity contribution >= 4 is 11.9 Å². The molecule has 0 saturated carbocycles. The highest BCUT2D eigenvalue weighted by molar-refractivity contribution is 6.03. The molecule has 6 nitrogen and oxygen atoms in total. The maximum Gasteiger partial charge on any atom is 0.338 e. The van der Waals surface area contributed by atoms with E-state index < -0.39 is 11.9 Å². The number of rotatable bonds is 11. The van der Waals surface area contributed by atoms with Crippen LogP contribution in [0.5, 0.6) is 5.75 Å². The molecule has 0 aliphatic carbocycles. The van der Waals surface area contributed by atoms with Crippen LogP contribution in [-0.4, -0.2) is 39.6 Å². The quantitative estimate of drug-likeness (QED) is 0.309. The van der Waals surface area contributed by atoms with Gasteiger partial charge in [0, 0.05) is 6.61 Å². The summed E-state index contributed by atoms with van der Waals surface area (Å²) in [6.45, 7) is 4.92. The fourth-order valence-electron chi connectivity index (χ4n) is 3.20. The van der Waals surface area contributed by atoms with E-state index in [1.165, 1.54) is 19.8 Å². The van der Waals surface area contributed by atoms with Crippen LogP contribution in [0.3, 0.4) is 0 Å². The summed E-state index contributed by atoms with van der Waals surface area (Å²) in [5.74, 6) is -0.246. The van der Waals surface area contributed by atoms with Gasteiger partial charge in [-0.2, -0.15) is 0 Å². The molecular formula is C24H30O6. The highest BCUT2D eigenvalue weighted by atomic mass is 16.7. The number of esters is 2. The Kier molecular flexibility index (Phi) is 9.35. The first-order valence-electron chi connectivity index (χ1n) is 10.2. The van der Waals surface area contributed by atoms with Crippen LogP contribution in [0.4, 0.5) is 0 Å². The van der Waals surface area contributed by atoms with E-state index in [4.69, 9.17) is 18.9 Å². The molecule has 6 heteroatoms. The van der Waals surface area contributed by atoms with Crippen LogP contribution in [0.15, 0.2) is 36.4 Å². The molecule has 0 fully saturated rings. The Morgan fingerprint density at radius 2 is 1.47 bits per heavy atom. The number of methoxy groups -OCH3 is 2. The van der Waals surface area contributed by atoms with Gasteiger partial charge >= 0.3 is 11.9 Å². The molecule has 0 spiro atoms. The zero-order valence-corrected chi connectivity index (χ0v) is 18.2. The lowest BCUT2D eigenvalue weighted by molar-refractivity contribution is 0.0218. The minimum atomic E-state index is -0.555.